The molecule has 0 saturated heterocycles. The third-order valence-corrected chi connectivity index (χ3v) is 4.61. The Kier molecular flexibility index (Phi) is 4.31. The highest BCUT2D eigenvalue weighted by atomic mass is 32.1. The SMILES string of the molecule is Cc1csc(NC(=O)C(=O)c2cc(C)n(-c3ccccc3)c2C)n1. The van der Waals surface area contributed by atoms with Gasteiger partial charge in [0.1, 0.15) is 0 Å². The van der Waals surface area contributed by atoms with Crippen LogP contribution in [0, 0.1) is 20.8 Å². The minimum atomic E-state index is -0.669. The molecule has 0 aliphatic rings. The topological polar surface area (TPSA) is 64.0 Å². The molecule has 0 aliphatic carbocycles. The van der Waals surface area contributed by atoms with Crippen LogP contribution in [0.25, 0.3) is 5.69 Å². The number of nitrogens with zero attached hydrogens (tertiary/aromatic N) is 2. The van der Waals surface area contributed by atoms with Crippen molar-refractivity contribution in [2.45, 2.75) is 20.8 Å². The zero-order valence-corrected chi connectivity index (χ0v) is 14.5. The van der Waals surface area contributed by atoms with E-state index in [-0.39, 0.29) is 0 Å². The normalized spacial score (nSPS) is 10.6. The monoisotopic (exact) mass is 339 g/mol. The number of benzene rings is 1. The van der Waals surface area contributed by atoms with Crippen molar-refractivity contribution in [1.29, 1.82) is 0 Å². The van der Waals surface area contributed by atoms with Gasteiger partial charge in [-0.05, 0) is 39.0 Å². The Morgan fingerprint density at radius 1 is 1.12 bits per heavy atom. The predicted octanol–water partition coefficient (Wildman–Crippen LogP) is 3.68. The van der Waals surface area contributed by atoms with E-state index < -0.39 is 11.7 Å². The van der Waals surface area contributed by atoms with Crippen molar-refractivity contribution in [1.82, 2.24) is 9.55 Å². The lowest BCUT2D eigenvalue weighted by Crippen LogP contribution is -2.23. The van der Waals surface area contributed by atoms with Gasteiger partial charge in [0.2, 0.25) is 0 Å². The van der Waals surface area contributed by atoms with Crippen molar-refractivity contribution < 1.29 is 9.59 Å². The third-order valence-electron chi connectivity index (χ3n) is 3.74. The summed E-state index contributed by atoms with van der Waals surface area (Å²) in [6.07, 6.45) is 0. The average Bonchev–Trinajstić information content (AvgIpc) is 3.10. The Hall–Kier alpha value is -2.73. The molecule has 0 saturated carbocycles. The van der Waals surface area contributed by atoms with E-state index in [0.717, 1.165) is 22.8 Å². The van der Waals surface area contributed by atoms with Gasteiger partial charge in [0.25, 0.3) is 11.7 Å². The second kappa shape index (κ2) is 6.41. The van der Waals surface area contributed by atoms with Crippen LogP contribution >= 0.6 is 11.3 Å². The maximum Gasteiger partial charge on any atom is 0.298 e. The van der Waals surface area contributed by atoms with Crippen LogP contribution in [0.3, 0.4) is 0 Å². The lowest BCUT2D eigenvalue weighted by atomic mass is 10.1. The van der Waals surface area contributed by atoms with Gasteiger partial charge in [-0.25, -0.2) is 4.98 Å². The summed E-state index contributed by atoms with van der Waals surface area (Å²) in [5, 5.41) is 4.82. The fourth-order valence-electron chi connectivity index (χ4n) is 2.65. The number of hydrogen-bond acceptors (Lipinski definition) is 4. The standard InChI is InChI=1S/C18H17N3O2S/c1-11-10-24-18(19-11)20-17(23)16(22)15-9-12(2)21(13(15)3)14-7-5-4-6-8-14/h4-10H,1-3H3,(H,19,20,23). The zero-order chi connectivity index (χ0) is 17.3. The first-order valence-corrected chi connectivity index (χ1v) is 8.37. The van der Waals surface area contributed by atoms with E-state index in [0.29, 0.717) is 10.7 Å². The molecule has 5 nitrogen and oxygen atoms in total. The second-order valence-corrected chi connectivity index (χ2v) is 6.39. The molecule has 0 unspecified atom stereocenters. The molecule has 0 aliphatic heterocycles. The molecule has 122 valence electrons. The van der Waals surface area contributed by atoms with E-state index in [2.05, 4.69) is 10.3 Å². The van der Waals surface area contributed by atoms with Crippen molar-refractivity contribution in [2.75, 3.05) is 5.32 Å². The number of aryl methyl sites for hydroxylation is 2. The molecule has 2 heterocycles. The molecule has 0 fully saturated rings. The average molecular weight is 339 g/mol. The van der Waals surface area contributed by atoms with E-state index in [4.69, 9.17) is 0 Å². The number of para-hydroxylation sites is 1. The molecule has 1 N–H and O–H groups in total. The zero-order valence-electron chi connectivity index (χ0n) is 13.7. The Morgan fingerprint density at radius 2 is 1.83 bits per heavy atom. The molecule has 0 bridgehead atoms. The number of anilines is 1. The Bertz CT molecular complexity index is 910. The third kappa shape index (κ3) is 3.00. The van der Waals surface area contributed by atoms with Crippen LogP contribution in [0.4, 0.5) is 5.13 Å². The van der Waals surface area contributed by atoms with Gasteiger partial charge in [0.05, 0.1) is 5.69 Å². The van der Waals surface area contributed by atoms with E-state index in [1.165, 1.54) is 11.3 Å². The smallest absolute Gasteiger partial charge is 0.298 e. The number of amides is 1. The highest BCUT2D eigenvalue weighted by Gasteiger charge is 2.23. The highest BCUT2D eigenvalue weighted by molar-refractivity contribution is 7.14. The lowest BCUT2D eigenvalue weighted by molar-refractivity contribution is -0.112. The summed E-state index contributed by atoms with van der Waals surface area (Å²) in [4.78, 5) is 28.9. The van der Waals surface area contributed by atoms with Crippen molar-refractivity contribution in [3.63, 3.8) is 0 Å². The maximum absolute atomic E-state index is 12.5. The van der Waals surface area contributed by atoms with Crippen LogP contribution in [-0.2, 0) is 4.79 Å². The molecule has 3 aromatic rings. The molecular weight excluding hydrogens is 322 g/mol. The van der Waals surface area contributed by atoms with Crippen LogP contribution in [0.2, 0.25) is 0 Å². The first-order valence-electron chi connectivity index (χ1n) is 7.49. The summed E-state index contributed by atoms with van der Waals surface area (Å²) < 4.78 is 1.97. The van der Waals surface area contributed by atoms with Gasteiger partial charge >= 0.3 is 0 Å². The molecule has 2 aromatic heterocycles. The number of nitrogens with one attached hydrogen (secondary N) is 1. The molecule has 3 rings (SSSR count). The van der Waals surface area contributed by atoms with Crippen molar-refractivity contribution in [3.05, 3.63) is 64.4 Å². The fraction of sp³-hybridized carbons (Fsp3) is 0.167. The van der Waals surface area contributed by atoms with Gasteiger partial charge in [-0.3, -0.25) is 14.9 Å². The number of Topliss-reactive ketones (excluding diaryl/α,β-unsaturated/α-hetero) is 1. The summed E-state index contributed by atoms with van der Waals surface area (Å²) >= 11 is 1.30. The summed E-state index contributed by atoms with van der Waals surface area (Å²) in [5.41, 5.74) is 3.82. The predicted molar refractivity (Wildman–Crippen MR) is 95.1 cm³/mol. The number of hydrogen-bond donors (Lipinski definition) is 1. The van der Waals surface area contributed by atoms with Crippen LogP contribution in [-0.4, -0.2) is 21.2 Å². The van der Waals surface area contributed by atoms with Crippen molar-refractivity contribution in [3.8, 4) is 5.69 Å². The van der Waals surface area contributed by atoms with Crippen LogP contribution in [0.5, 0.6) is 0 Å². The molecule has 1 amide bonds. The van der Waals surface area contributed by atoms with Gasteiger partial charge in [-0.1, -0.05) is 18.2 Å². The first kappa shape index (κ1) is 16.1. The Labute approximate surface area is 144 Å². The number of thiazole rings is 1. The molecule has 24 heavy (non-hydrogen) atoms. The fourth-order valence-corrected chi connectivity index (χ4v) is 3.34. The minimum Gasteiger partial charge on any atom is -0.318 e. The maximum atomic E-state index is 12.5. The van der Waals surface area contributed by atoms with Crippen molar-refractivity contribution in [2.24, 2.45) is 0 Å². The highest BCUT2D eigenvalue weighted by Crippen LogP contribution is 2.22. The van der Waals surface area contributed by atoms with Gasteiger partial charge in [0, 0.05) is 28.0 Å². The first-order chi connectivity index (χ1) is 11.5. The lowest BCUT2D eigenvalue weighted by Gasteiger charge is -2.09. The largest absolute Gasteiger partial charge is 0.318 e. The van der Waals surface area contributed by atoms with Crippen LogP contribution in [0.1, 0.15) is 27.4 Å². The van der Waals surface area contributed by atoms with E-state index in [9.17, 15) is 9.59 Å². The second-order valence-electron chi connectivity index (χ2n) is 5.53. The molecule has 0 spiro atoms. The summed E-state index contributed by atoms with van der Waals surface area (Å²) in [6.45, 7) is 5.59. The number of carbonyl (C=O) groups is 2. The molecule has 0 atom stereocenters. The van der Waals surface area contributed by atoms with Crippen molar-refractivity contribution >= 4 is 28.2 Å². The summed E-state index contributed by atoms with van der Waals surface area (Å²) in [6, 6.07) is 11.5. The number of aromatic nitrogens is 2. The van der Waals surface area contributed by atoms with Gasteiger partial charge < -0.3 is 4.57 Å². The van der Waals surface area contributed by atoms with Gasteiger partial charge in [-0.2, -0.15) is 0 Å². The quantitative estimate of drug-likeness (QED) is 0.582. The Balaban J connectivity index is 1.89. The Morgan fingerprint density at radius 3 is 2.46 bits per heavy atom. The molecule has 1 aromatic carbocycles. The summed E-state index contributed by atoms with van der Waals surface area (Å²) in [5.74, 6) is -1.23. The van der Waals surface area contributed by atoms with Gasteiger partial charge in [-0.15, -0.1) is 11.3 Å². The van der Waals surface area contributed by atoms with E-state index in [1.54, 1.807) is 6.07 Å². The number of carbonyl (C=O) groups excluding carboxylic acids is 2. The minimum absolute atomic E-state index is 0.405. The van der Waals surface area contributed by atoms with Crippen LogP contribution < -0.4 is 5.32 Å². The molecule has 6 heteroatoms. The van der Waals surface area contributed by atoms with E-state index >= 15 is 0 Å². The molecule has 0 radical (unpaired) electrons. The number of rotatable bonds is 4. The molecular formula is C18H17N3O2S. The number of ketones is 1. The van der Waals surface area contributed by atoms with E-state index in [1.807, 2.05) is 61.1 Å². The summed E-state index contributed by atoms with van der Waals surface area (Å²) in [7, 11) is 0. The van der Waals surface area contributed by atoms with Crippen LogP contribution in [0.15, 0.2) is 41.8 Å². The van der Waals surface area contributed by atoms with Gasteiger partial charge in [0.15, 0.2) is 5.13 Å².